The van der Waals surface area contributed by atoms with Crippen molar-refractivity contribution in [1.29, 1.82) is 0 Å². The predicted molar refractivity (Wildman–Crippen MR) is 77.1 cm³/mol. The topological polar surface area (TPSA) is 71.2 Å². The lowest BCUT2D eigenvalue weighted by atomic mass is 9.87. The van der Waals surface area contributed by atoms with Crippen LogP contribution < -0.4 is 5.46 Å². The van der Waals surface area contributed by atoms with Crippen molar-refractivity contribution in [3.63, 3.8) is 0 Å². The first kappa shape index (κ1) is 12.5. The molecule has 3 aromatic rings. The maximum atomic E-state index is 9.93. The van der Waals surface area contributed by atoms with Crippen molar-refractivity contribution in [1.82, 2.24) is 15.0 Å². The number of nitrogens with zero attached hydrogens (tertiary/aromatic N) is 3. The van der Waals surface area contributed by atoms with Crippen molar-refractivity contribution >= 4 is 24.3 Å². The van der Waals surface area contributed by atoms with E-state index >= 15 is 0 Å². The molecule has 0 unspecified atom stereocenters. The van der Waals surface area contributed by atoms with Crippen molar-refractivity contribution in [3.8, 4) is 17.2 Å². The molecule has 0 aliphatic heterocycles. The molecule has 0 spiro atoms. The molecule has 3 rings (SSSR count). The molecule has 0 aliphatic carbocycles. The molecule has 6 heteroatoms. The highest BCUT2D eigenvalue weighted by atomic mass is 16.3. The number of aromatic nitrogens is 3. The quantitative estimate of drug-likeness (QED) is 0.513. The fourth-order valence-electron chi connectivity index (χ4n) is 2.28. The Balaban J connectivity index is 2.41. The third kappa shape index (κ3) is 1.58. The lowest BCUT2D eigenvalue weighted by Crippen LogP contribution is -2.17. The van der Waals surface area contributed by atoms with Crippen LogP contribution in [0.5, 0.6) is 11.5 Å². The molecule has 98 valence electrons. The molecule has 1 aromatic heterocycles. The fraction of sp³-hybridized carbons (Fsp3) is 0.143. The van der Waals surface area contributed by atoms with E-state index in [2.05, 4.69) is 10.3 Å². The zero-order valence-corrected chi connectivity index (χ0v) is 11.1. The Kier molecular flexibility index (Phi) is 2.67. The van der Waals surface area contributed by atoms with Crippen molar-refractivity contribution in [3.05, 3.63) is 35.4 Å². The number of aromatic hydroxyl groups is 2. The number of benzene rings is 2. The molecule has 0 fully saturated rings. The minimum atomic E-state index is -0.331. The monoisotopic (exact) mass is 265 g/mol. The molecule has 0 bridgehead atoms. The Morgan fingerprint density at radius 2 is 1.75 bits per heavy atom. The first-order valence-corrected chi connectivity index (χ1v) is 6.13. The van der Waals surface area contributed by atoms with Gasteiger partial charge in [0.2, 0.25) is 0 Å². The number of hydrogen-bond acceptors (Lipinski definition) is 4. The number of hydrogen-bond donors (Lipinski definition) is 2. The summed E-state index contributed by atoms with van der Waals surface area (Å²) in [6.07, 6.45) is 0. The summed E-state index contributed by atoms with van der Waals surface area (Å²) in [5, 5.41) is 27.9. The van der Waals surface area contributed by atoms with Crippen LogP contribution in [0.15, 0.2) is 24.3 Å². The molecular formula is C14H12BN3O2. The summed E-state index contributed by atoms with van der Waals surface area (Å²) in [5.41, 5.74) is 3.44. The van der Waals surface area contributed by atoms with E-state index in [0.717, 1.165) is 16.6 Å². The van der Waals surface area contributed by atoms with Gasteiger partial charge in [0.1, 0.15) is 13.4 Å². The minimum absolute atomic E-state index is 0.0845. The Morgan fingerprint density at radius 3 is 2.50 bits per heavy atom. The summed E-state index contributed by atoms with van der Waals surface area (Å²) < 4.78 is 1.58. The molecule has 2 N–H and O–H groups in total. The maximum absolute atomic E-state index is 9.93. The Hall–Kier alpha value is -2.50. The second-order valence-electron chi connectivity index (χ2n) is 4.70. The van der Waals surface area contributed by atoms with E-state index < -0.39 is 0 Å². The SMILES string of the molecule is [B]c1c(O)c(O)c(C)c(C)c1-n1nnc2ccccc21. The van der Waals surface area contributed by atoms with Crippen LogP contribution >= 0.6 is 0 Å². The van der Waals surface area contributed by atoms with Gasteiger partial charge in [-0.05, 0) is 42.6 Å². The van der Waals surface area contributed by atoms with Crippen LogP contribution in [-0.2, 0) is 0 Å². The Labute approximate surface area is 116 Å². The molecule has 2 radical (unpaired) electrons. The summed E-state index contributed by atoms with van der Waals surface area (Å²) in [4.78, 5) is 0. The van der Waals surface area contributed by atoms with Crippen molar-refractivity contribution in [2.45, 2.75) is 13.8 Å². The van der Waals surface area contributed by atoms with Gasteiger partial charge in [-0.25, -0.2) is 4.68 Å². The summed E-state index contributed by atoms with van der Waals surface area (Å²) >= 11 is 0. The van der Waals surface area contributed by atoms with Gasteiger partial charge in [-0.15, -0.1) is 5.10 Å². The molecule has 20 heavy (non-hydrogen) atoms. The van der Waals surface area contributed by atoms with Gasteiger partial charge in [0, 0.05) is 0 Å². The smallest absolute Gasteiger partial charge is 0.160 e. The largest absolute Gasteiger partial charge is 0.505 e. The minimum Gasteiger partial charge on any atom is -0.505 e. The van der Waals surface area contributed by atoms with E-state index in [1.54, 1.807) is 11.6 Å². The van der Waals surface area contributed by atoms with Gasteiger partial charge in [0.15, 0.2) is 11.5 Å². The number of para-hydroxylation sites is 1. The van der Waals surface area contributed by atoms with E-state index in [9.17, 15) is 10.2 Å². The van der Waals surface area contributed by atoms with Gasteiger partial charge >= 0.3 is 0 Å². The van der Waals surface area contributed by atoms with Crippen molar-refractivity contribution in [2.75, 3.05) is 0 Å². The average molecular weight is 265 g/mol. The molecule has 1 heterocycles. The highest BCUT2D eigenvalue weighted by Crippen LogP contribution is 2.33. The maximum Gasteiger partial charge on any atom is 0.160 e. The highest BCUT2D eigenvalue weighted by molar-refractivity contribution is 6.37. The number of phenols is 2. The van der Waals surface area contributed by atoms with Crippen LogP contribution in [0.4, 0.5) is 0 Å². The third-order valence-corrected chi connectivity index (χ3v) is 3.57. The summed E-state index contributed by atoms with van der Waals surface area (Å²) in [5.74, 6) is -0.532. The molecular weight excluding hydrogens is 253 g/mol. The molecule has 0 saturated carbocycles. The summed E-state index contributed by atoms with van der Waals surface area (Å²) in [6.45, 7) is 3.53. The molecule has 5 nitrogen and oxygen atoms in total. The highest BCUT2D eigenvalue weighted by Gasteiger charge is 2.19. The van der Waals surface area contributed by atoms with Crippen LogP contribution in [0, 0.1) is 13.8 Å². The van der Waals surface area contributed by atoms with Gasteiger partial charge in [-0.3, -0.25) is 0 Å². The average Bonchev–Trinajstić information content (AvgIpc) is 2.87. The third-order valence-electron chi connectivity index (χ3n) is 3.57. The zero-order chi connectivity index (χ0) is 14.4. The van der Waals surface area contributed by atoms with Crippen LogP contribution in [0.1, 0.15) is 11.1 Å². The standard InChI is InChI=1S/C14H12BN3O2/c1-7-8(2)13(19)14(20)11(15)12(7)18-10-6-4-3-5-9(10)16-17-18/h3-6,19-20H,1-2H3. The van der Waals surface area contributed by atoms with Gasteiger partial charge in [0.05, 0.1) is 11.2 Å². The second kappa shape index (κ2) is 4.26. The van der Waals surface area contributed by atoms with Crippen LogP contribution in [0.25, 0.3) is 16.7 Å². The lowest BCUT2D eigenvalue weighted by Gasteiger charge is -2.16. The number of phenolic OH excluding ortho intramolecular Hbond substituents is 2. The Bertz CT molecular complexity index is 798. The molecule has 0 saturated heterocycles. The van der Waals surface area contributed by atoms with Crippen molar-refractivity contribution < 1.29 is 10.2 Å². The summed E-state index contributed by atoms with van der Waals surface area (Å²) in [7, 11) is 5.94. The van der Waals surface area contributed by atoms with Crippen molar-refractivity contribution in [2.24, 2.45) is 0 Å². The predicted octanol–water partition coefficient (Wildman–Crippen LogP) is 1.24. The van der Waals surface area contributed by atoms with E-state index in [1.165, 1.54) is 0 Å². The first-order chi connectivity index (χ1) is 9.52. The van der Waals surface area contributed by atoms with E-state index in [1.807, 2.05) is 31.2 Å². The van der Waals surface area contributed by atoms with Gasteiger partial charge in [0.25, 0.3) is 0 Å². The summed E-state index contributed by atoms with van der Waals surface area (Å²) in [6, 6.07) is 7.46. The van der Waals surface area contributed by atoms with Gasteiger partial charge < -0.3 is 10.2 Å². The number of fused-ring (bicyclic) bond motifs is 1. The number of rotatable bonds is 1. The molecule has 2 aromatic carbocycles. The van der Waals surface area contributed by atoms with Crippen LogP contribution in [0.3, 0.4) is 0 Å². The first-order valence-electron chi connectivity index (χ1n) is 6.13. The van der Waals surface area contributed by atoms with Gasteiger partial charge in [-0.1, -0.05) is 17.3 Å². The van der Waals surface area contributed by atoms with E-state index in [0.29, 0.717) is 11.3 Å². The normalized spacial score (nSPS) is 11.1. The van der Waals surface area contributed by atoms with Crippen LogP contribution in [0.2, 0.25) is 0 Å². The Morgan fingerprint density at radius 1 is 1.05 bits per heavy atom. The lowest BCUT2D eigenvalue weighted by molar-refractivity contribution is 0.403. The van der Waals surface area contributed by atoms with E-state index in [4.69, 9.17) is 7.85 Å². The zero-order valence-electron chi connectivity index (χ0n) is 11.1. The molecule has 0 aliphatic rings. The molecule has 0 amide bonds. The van der Waals surface area contributed by atoms with Gasteiger partial charge in [-0.2, -0.15) is 0 Å². The van der Waals surface area contributed by atoms with Crippen LogP contribution in [-0.4, -0.2) is 33.1 Å². The van der Waals surface area contributed by atoms with E-state index in [-0.39, 0.29) is 17.0 Å². The fourth-order valence-corrected chi connectivity index (χ4v) is 2.28. The molecule has 0 atom stereocenters. The second-order valence-corrected chi connectivity index (χ2v) is 4.70.